The Morgan fingerprint density at radius 2 is 2.11 bits per heavy atom. The molecule has 0 aromatic heterocycles. The third-order valence-corrected chi connectivity index (χ3v) is 3.77. The molecule has 1 fully saturated rings. The van der Waals surface area contributed by atoms with Crippen molar-refractivity contribution in [3.8, 4) is 11.5 Å². The molecule has 1 aromatic carbocycles. The van der Waals surface area contributed by atoms with Crippen molar-refractivity contribution in [2.75, 3.05) is 20.0 Å². The first-order chi connectivity index (χ1) is 9.12. The summed E-state index contributed by atoms with van der Waals surface area (Å²) in [6, 6.07) is 5.11. The summed E-state index contributed by atoms with van der Waals surface area (Å²) < 4.78 is 15.9. The monoisotopic (exact) mass is 265 g/mol. The molecule has 3 rings (SSSR count). The zero-order chi connectivity index (χ0) is 13.5. The van der Waals surface area contributed by atoms with Crippen molar-refractivity contribution in [1.29, 1.82) is 0 Å². The minimum absolute atomic E-state index is 0.0855. The number of carboxylic acids is 1. The Bertz CT molecular complexity index is 512. The van der Waals surface area contributed by atoms with Gasteiger partial charge in [0.15, 0.2) is 11.5 Å². The van der Waals surface area contributed by atoms with E-state index in [-0.39, 0.29) is 13.2 Å². The number of nitrogens with two attached hydrogens (primary N) is 1. The molecule has 6 nitrogen and oxygen atoms in total. The maximum atomic E-state index is 10.8. The molecule has 6 heteroatoms. The lowest BCUT2D eigenvalue weighted by molar-refractivity contribution is -0.140. The van der Waals surface area contributed by atoms with Crippen LogP contribution >= 0.6 is 0 Å². The molecule has 1 aromatic rings. The normalized spacial score (nSPS) is 20.7. The second-order valence-corrected chi connectivity index (χ2v) is 4.92. The van der Waals surface area contributed by atoms with Gasteiger partial charge in [0.1, 0.15) is 0 Å². The summed E-state index contributed by atoms with van der Waals surface area (Å²) in [6.07, 6.45) is -0.0855. The molecule has 2 heterocycles. The summed E-state index contributed by atoms with van der Waals surface area (Å²) >= 11 is 0. The zero-order valence-electron chi connectivity index (χ0n) is 10.3. The van der Waals surface area contributed by atoms with Gasteiger partial charge in [-0.25, -0.2) is 0 Å². The van der Waals surface area contributed by atoms with Crippen LogP contribution in [0.3, 0.4) is 0 Å². The lowest BCUT2D eigenvalue weighted by Gasteiger charge is -2.45. The van der Waals surface area contributed by atoms with Gasteiger partial charge in [-0.1, -0.05) is 6.07 Å². The summed E-state index contributed by atoms with van der Waals surface area (Å²) in [7, 11) is 0. The number of benzene rings is 1. The zero-order valence-corrected chi connectivity index (χ0v) is 10.3. The number of ether oxygens (including phenoxy) is 3. The Labute approximate surface area is 110 Å². The average Bonchev–Trinajstić information content (AvgIpc) is 2.73. The molecule has 19 heavy (non-hydrogen) atoms. The maximum Gasteiger partial charge on any atom is 0.304 e. The first-order valence-corrected chi connectivity index (χ1v) is 6.07. The van der Waals surface area contributed by atoms with Crippen molar-refractivity contribution in [3.63, 3.8) is 0 Å². The molecule has 0 bridgehead atoms. The third kappa shape index (κ3) is 1.93. The average molecular weight is 265 g/mol. The molecule has 102 valence electrons. The van der Waals surface area contributed by atoms with Gasteiger partial charge in [0.25, 0.3) is 0 Å². The number of carboxylic acid groups (broad SMARTS) is 1. The third-order valence-electron chi connectivity index (χ3n) is 3.77. The first-order valence-electron chi connectivity index (χ1n) is 6.07. The highest BCUT2D eigenvalue weighted by atomic mass is 16.7. The van der Waals surface area contributed by atoms with E-state index >= 15 is 0 Å². The minimum atomic E-state index is -0.903. The van der Waals surface area contributed by atoms with Gasteiger partial charge >= 0.3 is 5.97 Å². The molecule has 2 aliphatic rings. The standard InChI is InChI=1S/C13H15NO5/c14-11(4-12(15)16)13(5-17-6-13)8-1-2-9-10(3-8)19-7-18-9/h1-3,11H,4-7,14H2,(H,15,16). The fourth-order valence-electron chi connectivity index (χ4n) is 2.51. The minimum Gasteiger partial charge on any atom is -0.481 e. The Hall–Kier alpha value is -1.79. The van der Waals surface area contributed by atoms with Crippen molar-refractivity contribution in [3.05, 3.63) is 23.8 Å². The molecule has 1 atom stereocenters. The van der Waals surface area contributed by atoms with Gasteiger partial charge < -0.3 is 25.1 Å². The summed E-state index contributed by atoms with van der Waals surface area (Å²) in [6.45, 7) is 1.08. The van der Waals surface area contributed by atoms with E-state index in [4.69, 9.17) is 25.1 Å². The van der Waals surface area contributed by atoms with E-state index in [1.54, 1.807) is 0 Å². The smallest absolute Gasteiger partial charge is 0.304 e. The van der Waals surface area contributed by atoms with Crippen molar-refractivity contribution in [2.45, 2.75) is 17.9 Å². The van der Waals surface area contributed by atoms with E-state index in [0.29, 0.717) is 24.7 Å². The van der Waals surface area contributed by atoms with E-state index in [0.717, 1.165) is 5.56 Å². The predicted molar refractivity (Wildman–Crippen MR) is 65.3 cm³/mol. The highest BCUT2D eigenvalue weighted by Gasteiger charge is 2.46. The van der Waals surface area contributed by atoms with Crippen molar-refractivity contribution in [1.82, 2.24) is 0 Å². The first kappa shape index (κ1) is 12.3. The molecule has 1 unspecified atom stereocenters. The molecular weight excluding hydrogens is 250 g/mol. The van der Waals surface area contributed by atoms with Crippen LogP contribution in [0.1, 0.15) is 12.0 Å². The van der Waals surface area contributed by atoms with Crippen LogP contribution in [-0.4, -0.2) is 37.1 Å². The number of rotatable bonds is 4. The van der Waals surface area contributed by atoms with Crippen LogP contribution in [0.25, 0.3) is 0 Å². The van der Waals surface area contributed by atoms with Crippen LogP contribution in [-0.2, 0) is 14.9 Å². The highest BCUT2D eigenvalue weighted by Crippen LogP contribution is 2.41. The van der Waals surface area contributed by atoms with Gasteiger partial charge in [0.2, 0.25) is 6.79 Å². The van der Waals surface area contributed by atoms with Crippen molar-refractivity contribution < 1.29 is 24.1 Å². The molecule has 3 N–H and O–H groups in total. The number of aliphatic carboxylic acids is 1. The van der Waals surface area contributed by atoms with Crippen LogP contribution in [0.15, 0.2) is 18.2 Å². The molecule has 0 radical (unpaired) electrons. The summed E-state index contributed by atoms with van der Waals surface area (Å²) in [4.78, 5) is 10.8. The van der Waals surface area contributed by atoms with Crippen LogP contribution in [0.4, 0.5) is 0 Å². The van der Waals surface area contributed by atoms with Gasteiger partial charge in [-0.15, -0.1) is 0 Å². The summed E-state index contributed by atoms with van der Waals surface area (Å²) in [5.41, 5.74) is 6.56. The van der Waals surface area contributed by atoms with E-state index < -0.39 is 17.4 Å². The Morgan fingerprint density at radius 1 is 1.37 bits per heavy atom. The fraction of sp³-hybridized carbons (Fsp3) is 0.462. The molecule has 0 saturated carbocycles. The van der Waals surface area contributed by atoms with Crippen molar-refractivity contribution in [2.24, 2.45) is 5.73 Å². The lowest BCUT2D eigenvalue weighted by atomic mass is 9.71. The van der Waals surface area contributed by atoms with E-state index in [2.05, 4.69) is 0 Å². The lowest BCUT2D eigenvalue weighted by Crippen LogP contribution is -2.59. The highest BCUT2D eigenvalue weighted by molar-refractivity contribution is 5.68. The Balaban J connectivity index is 1.91. The maximum absolute atomic E-state index is 10.8. The second kappa shape index (κ2) is 4.40. The Kier molecular flexibility index (Phi) is 2.83. The molecule has 2 aliphatic heterocycles. The number of hydrogen-bond acceptors (Lipinski definition) is 5. The molecule has 1 saturated heterocycles. The topological polar surface area (TPSA) is 91.0 Å². The SMILES string of the molecule is NC(CC(=O)O)C1(c2ccc3c(c2)OCO3)COC1. The van der Waals surface area contributed by atoms with Gasteiger partial charge in [0.05, 0.1) is 25.0 Å². The van der Waals surface area contributed by atoms with Crippen LogP contribution in [0.5, 0.6) is 11.5 Å². The fourth-order valence-corrected chi connectivity index (χ4v) is 2.51. The Morgan fingerprint density at radius 3 is 2.74 bits per heavy atom. The van der Waals surface area contributed by atoms with Gasteiger partial charge in [0, 0.05) is 6.04 Å². The number of fused-ring (bicyclic) bond motifs is 1. The predicted octanol–water partition coefficient (Wildman–Crippen LogP) is 0.485. The molecule has 0 amide bonds. The van der Waals surface area contributed by atoms with E-state index in [9.17, 15) is 4.79 Å². The molecular formula is C13H15NO5. The largest absolute Gasteiger partial charge is 0.481 e. The number of carbonyl (C=O) groups is 1. The van der Waals surface area contributed by atoms with Gasteiger partial charge in [-0.2, -0.15) is 0 Å². The van der Waals surface area contributed by atoms with Crippen LogP contribution in [0, 0.1) is 0 Å². The second-order valence-electron chi connectivity index (χ2n) is 4.92. The summed E-state index contributed by atoms with van der Waals surface area (Å²) in [5, 5.41) is 8.90. The molecule has 0 spiro atoms. The van der Waals surface area contributed by atoms with Gasteiger partial charge in [-0.3, -0.25) is 4.79 Å². The van der Waals surface area contributed by atoms with Crippen LogP contribution < -0.4 is 15.2 Å². The quantitative estimate of drug-likeness (QED) is 0.823. The van der Waals surface area contributed by atoms with E-state index in [1.807, 2.05) is 18.2 Å². The molecule has 0 aliphatic carbocycles. The van der Waals surface area contributed by atoms with E-state index in [1.165, 1.54) is 0 Å². The number of hydrogen-bond donors (Lipinski definition) is 2. The van der Waals surface area contributed by atoms with Crippen molar-refractivity contribution >= 4 is 5.97 Å². The summed E-state index contributed by atoms with van der Waals surface area (Å²) in [5.74, 6) is 0.469. The van der Waals surface area contributed by atoms with Gasteiger partial charge in [-0.05, 0) is 17.7 Å². The van der Waals surface area contributed by atoms with Crippen LogP contribution in [0.2, 0.25) is 0 Å².